The molecule has 39 heavy (non-hydrogen) atoms. The Morgan fingerprint density at radius 1 is 1.08 bits per heavy atom. The van der Waals surface area contributed by atoms with E-state index in [2.05, 4.69) is 42.6 Å². The van der Waals surface area contributed by atoms with E-state index in [-0.39, 0.29) is 17.6 Å². The highest BCUT2D eigenvalue weighted by Crippen LogP contribution is 2.36. The minimum atomic E-state index is 0.0430. The molecule has 6 aromatic rings. The first kappa shape index (κ1) is 23.3. The van der Waals surface area contributed by atoms with Gasteiger partial charge >= 0.3 is 0 Å². The number of Topliss-reactive ketones (excluding diaryl/α,β-unsaturated/α-hetero) is 1. The standard InChI is InChI=1S/C30H22N6O2S/c1-16(37)25-8-9-26(39-25)28-21-14-24(34-23(21)10-11-31-28)27-22-13-19(15-32-29(22)36-35-27)18-6-3-7-20(12-18)33-30(38)17-4-2-5-17/h6,8-15,17,34H,2,4-5H2,1H3,(H,33,38)(H,32,35,36). The fourth-order valence-corrected chi connectivity index (χ4v) is 5.78. The van der Waals surface area contributed by atoms with Gasteiger partial charge in [-0.2, -0.15) is 5.10 Å². The van der Waals surface area contributed by atoms with Crippen molar-refractivity contribution in [3.05, 3.63) is 71.9 Å². The SMILES string of the molecule is CC(=O)c1ccc(-c2nccc3[nH]c(-c4[nH]nc5ncc(-c6cc#cc(NC(=O)C7CCC7)c6)cc45)cc23)s1. The number of fused-ring (bicyclic) bond motifs is 2. The summed E-state index contributed by atoms with van der Waals surface area (Å²) in [7, 11) is 0. The minimum Gasteiger partial charge on any atom is -0.353 e. The molecular weight excluding hydrogens is 508 g/mol. The number of thiophene rings is 1. The van der Waals surface area contributed by atoms with Crippen LogP contribution in [0.4, 0.5) is 5.69 Å². The molecule has 1 aliphatic carbocycles. The Morgan fingerprint density at radius 2 is 1.97 bits per heavy atom. The van der Waals surface area contributed by atoms with Gasteiger partial charge in [0.05, 0.1) is 32.5 Å². The van der Waals surface area contributed by atoms with Crippen LogP contribution in [-0.4, -0.2) is 36.8 Å². The van der Waals surface area contributed by atoms with Gasteiger partial charge in [-0.05, 0) is 73.9 Å². The maximum Gasteiger partial charge on any atom is 0.227 e. The predicted molar refractivity (Wildman–Crippen MR) is 151 cm³/mol. The van der Waals surface area contributed by atoms with Gasteiger partial charge in [0.25, 0.3) is 0 Å². The number of carbonyl (C=O) groups excluding carboxylic acids is 2. The molecule has 0 atom stereocenters. The number of hydrogen-bond donors (Lipinski definition) is 3. The molecular formula is C30H22N6O2S. The average Bonchev–Trinajstić information content (AvgIpc) is 3.65. The summed E-state index contributed by atoms with van der Waals surface area (Å²) in [5.41, 5.74) is 6.37. The largest absolute Gasteiger partial charge is 0.353 e. The maximum absolute atomic E-state index is 12.4. The lowest BCUT2D eigenvalue weighted by Gasteiger charge is -2.23. The number of aromatic amines is 2. The fraction of sp³-hybridized carbons (Fsp3) is 0.167. The van der Waals surface area contributed by atoms with Crippen LogP contribution in [0.5, 0.6) is 0 Å². The molecule has 7 rings (SSSR count). The van der Waals surface area contributed by atoms with Crippen LogP contribution in [0.2, 0.25) is 0 Å². The van der Waals surface area contributed by atoms with Crippen molar-refractivity contribution in [2.24, 2.45) is 5.92 Å². The number of rotatable bonds is 6. The molecule has 5 heterocycles. The zero-order valence-corrected chi connectivity index (χ0v) is 21.8. The number of hydrogen-bond acceptors (Lipinski definition) is 6. The summed E-state index contributed by atoms with van der Waals surface area (Å²) in [6.07, 6.45) is 6.52. The summed E-state index contributed by atoms with van der Waals surface area (Å²) < 4.78 is 0. The minimum absolute atomic E-state index is 0.0430. The second kappa shape index (κ2) is 9.19. The quantitative estimate of drug-likeness (QED) is 0.214. The topological polar surface area (TPSA) is 116 Å². The smallest absolute Gasteiger partial charge is 0.227 e. The molecule has 1 saturated carbocycles. The van der Waals surface area contributed by atoms with Crippen molar-refractivity contribution in [1.82, 2.24) is 25.1 Å². The van der Waals surface area contributed by atoms with Crippen LogP contribution in [0.15, 0.2) is 54.9 Å². The number of H-pyrrole nitrogens is 2. The maximum atomic E-state index is 12.4. The molecule has 1 aliphatic rings. The second-order valence-corrected chi connectivity index (χ2v) is 10.8. The number of nitrogens with zero attached hydrogens (tertiary/aromatic N) is 3. The van der Waals surface area contributed by atoms with Crippen LogP contribution < -0.4 is 5.32 Å². The van der Waals surface area contributed by atoms with E-state index in [1.165, 1.54) is 11.3 Å². The third-order valence-electron chi connectivity index (χ3n) is 7.21. The van der Waals surface area contributed by atoms with E-state index < -0.39 is 0 Å². The first-order valence-corrected chi connectivity index (χ1v) is 13.5. The molecule has 5 aromatic heterocycles. The van der Waals surface area contributed by atoms with E-state index in [1.54, 1.807) is 19.3 Å². The zero-order chi connectivity index (χ0) is 26.5. The lowest BCUT2D eigenvalue weighted by atomic mass is 9.85. The molecule has 1 fully saturated rings. The molecule has 0 spiro atoms. The van der Waals surface area contributed by atoms with E-state index in [0.29, 0.717) is 16.2 Å². The second-order valence-electron chi connectivity index (χ2n) is 9.76. The Morgan fingerprint density at radius 3 is 2.77 bits per heavy atom. The van der Waals surface area contributed by atoms with Gasteiger partial charge in [0.15, 0.2) is 11.4 Å². The summed E-state index contributed by atoms with van der Waals surface area (Å²) in [6, 6.07) is 19.5. The van der Waals surface area contributed by atoms with Crippen LogP contribution in [0.3, 0.4) is 0 Å². The zero-order valence-electron chi connectivity index (χ0n) is 21.0. The van der Waals surface area contributed by atoms with Gasteiger partial charge in [0, 0.05) is 40.2 Å². The van der Waals surface area contributed by atoms with Crippen LogP contribution in [-0.2, 0) is 4.79 Å². The molecule has 8 nitrogen and oxygen atoms in total. The third kappa shape index (κ3) is 4.15. The fourth-order valence-electron chi connectivity index (χ4n) is 4.87. The highest BCUT2D eigenvalue weighted by atomic mass is 32.1. The lowest BCUT2D eigenvalue weighted by molar-refractivity contribution is -0.122. The van der Waals surface area contributed by atoms with Gasteiger partial charge in [0.2, 0.25) is 5.91 Å². The van der Waals surface area contributed by atoms with Crippen molar-refractivity contribution in [3.63, 3.8) is 0 Å². The molecule has 3 N–H and O–H groups in total. The summed E-state index contributed by atoms with van der Waals surface area (Å²) in [6.45, 7) is 1.57. The molecule has 0 radical (unpaired) electrons. The van der Waals surface area contributed by atoms with E-state index in [1.807, 2.05) is 42.5 Å². The average molecular weight is 531 g/mol. The van der Waals surface area contributed by atoms with Crippen LogP contribution in [0.1, 0.15) is 35.9 Å². The van der Waals surface area contributed by atoms with Gasteiger partial charge in [-0.25, -0.2) is 4.98 Å². The molecule has 0 saturated heterocycles. The Kier molecular flexibility index (Phi) is 5.49. The van der Waals surface area contributed by atoms with E-state index in [0.717, 1.165) is 68.6 Å². The highest BCUT2D eigenvalue weighted by molar-refractivity contribution is 7.17. The number of nitrogens with one attached hydrogen (secondary N) is 3. The monoisotopic (exact) mass is 530 g/mol. The van der Waals surface area contributed by atoms with E-state index in [4.69, 9.17) is 0 Å². The number of ketones is 1. The van der Waals surface area contributed by atoms with Crippen molar-refractivity contribution in [2.75, 3.05) is 5.32 Å². The number of anilines is 1. The summed E-state index contributed by atoms with van der Waals surface area (Å²) in [5, 5.41) is 12.3. The van der Waals surface area contributed by atoms with Crippen LogP contribution in [0.25, 0.3) is 55.0 Å². The van der Waals surface area contributed by atoms with Gasteiger partial charge < -0.3 is 10.3 Å². The van der Waals surface area contributed by atoms with Gasteiger partial charge in [-0.15, -0.1) is 11.3 Å². The van der Waals surface area contributed by atoms with Gasteiger partial charge in [-0.1, -0.05) is 12.5 Å². The van der Waals surface area contributed by atoms with E-state index >= 15 is 0 Å². The Bertz CT molecular complexity index is 1890. The van der Waals surface area contributed by atoms with Gasteiger partial charge in [-0.3, -0.25) is 19.7 Å². The number of amides is 1. The normalized spacial score (nSPS) is 13.4. The molecule has 9 heteroatoms. The molecule has 0 bridgehead atoms. The van der Waals surface area contributed by atoms with Crippen LogP contribution >= 0.6 is 11.3 Å². The number of aromatic nitrogens is 5. The van der Waals surface area contributed by atoms with Crippen molar-refractivity contribution < 1.29 is 9.59 Å². The summed E-state index contributed by atoms with van der Waals surface area (Å²) in [5.74, 6) is 0.181. The van der Waals surface area contributed by atoms with Crippen molar-refractivity contribution in [1.29, 1.82) is 0 Å². The van der Waals surface area contributed by atoms with Crippen molar-refractivity contribution in [2.45, 2.75) is 26.2 Å². The lowest BCUT2D eigenvalue weighted by Crippen LogP contribution is -2.27. The highest BCUT2D eigenvalue weighted by Gasteiger charge is 2.25. The third-order valence-corrected chi connectivity index (χ3v) is 8.41. The summed E-state index contributed by atoms with van der Waals surface area (Å²) >= 11 is 1.44. The molecule has 1 aromatic carbocycles. The number of pyridine rings is 2. The molecule has 0 aliphatic heterocycles. The molecule has 0 unspecified atom stereocenters. The first-order chi connectivity index (χ1) is 19.0. The molecule has 190 valence electrons. The van der Waals surface area contributed by atoms with Crippen LogP contribution in [0, 0.1) is 18.1 Å². The number of carbonyl (C=O) groups is 2. The van der Waals surface area contributed by atoms with Gasteiger partial charge in [0.1, 0.15) is 0 Å². The first-order valence-electron chi connectivity index (χ1n) is 12.7. The predicted octanol–water partition coefficient (Wildman–Crippen LogP) is 6.44. The summed E-state index contributed by atoms with van der Waals surface area (Å²) in [4.78, 5) is 38.5. The Balaban J connectivity index is 1.25. The Labute approximate surface area is 227 Å². The van der Waals surface area contributed by atoms with Crippen molar-refractivity contribution >= 4 is 50.7 Å². The van der Waals surface area contributed by atoms with Crippen molar-refractivity contribution in [3.8, 4) is 33.1 Å². The van der Waals surface area contributed by atoms with E-state index in [9.17, 15) is 9.59 Å². The molecule has 1 amide bonds. The Hall–Kier alpha value is -4.81.